The molecule has 1 atom stereocenters. The summed E-state index contributed by atoms with van der Waals surface area (Å²) in [6.45, 7) is 1.44. The van der Waals surface area contributed by atoms with Gasteiger partial charge in [-0.2, -0.15) is 0 Å². The predicted molar refractivity (Wildman–Crippen MR) is 78.0 cm³/mol. The minimum absolute atomic E-state index is 0.0166. The number of aromatic nitrogens is 2. The van der Waals surface area contributed by atoms with E-state index in [9.17, 15) is 4.79 Å². The largest absolute Gasteiger partial charge is 0.472 e. The molecule has 1 aromatic rings. The van der Waals surface area contributed by atoms with Crippen LogP contribution in [-0.2, 0) is 0 Å². The molecular weight excluding hydrogens is 268 g/mol. The molecule has 0 bridgehead atoms. The van der Waals surface area contributed by atoms with Crippen molar-refractivity contribution in [2.24, 2.45) is 0 Å². The average molecular weight is 290 g/mol. The maximum atomic E-state index is 12.3. The number of ether oxygens (including phenoxy) is 1. The van der Waals surface area contributed by atoms with Crippen LogP contribution in [-0.4, -0.2) is 46.1 Å². The summed E-state index contributed by atoms with van der Waals surface area (Å²) in [4.78, 5) is 22.1. The van der Waals surface area contributed by atoms with Gasteiger partial charge in [0.25, 0.3) is 0 Å². The number of hydrogen-bond acceptors (Lipinski definition) is 4. The maximum absolute atomic E-state index is 12.3. The van der Waals surface area contributed by atoms with Crippen molar-refractivity contribution in [2.45, 2.75) is 50.7 Å². The Morgan fingerprint density at radius 3 is 2.90 bits per heavy atom. The summed E-state index contributed by atoms with van der Waals surface area (Å²) in [5.41, 5.74) is 0. The molecule has 1 unspecified atom stereocenters. The third-order valence-corrected chi connectivity index (χ3v) is 4.19. The predicted octanol–water partition coefficient (Wildman–Crippen LogP) is 1.97. The fraction of sp³-hybridized carbons (Fsp3) is 0.667. The Balaban J connectivity index is 1.51. The summed E-state index contributed by atoms with van der Waals surface area (Å²) in [6.07, 6.45) is 9.75. The first-order chi connectivity index (χ1) is 10.3. The second-order valence-corrected chi connectivity index (χ2v) is 5.81. The van der Waals surface area contributed by atoms with Gasteiger partial charge in [-0.25, -0.2) is 14.8 Å². The van der Waals surface area contributed by atoms with Gasteiger partial charge < -0.3 is 15.0 Å². The number of carbonyl (C=O) groups excluding carboxylic acids is 1. The van der Waals surface area contributed by atoms with Crippen LogP contribution in [0.5, 0.6) is 5.88 Å². The third-order valence-electron chi connectivity index (χ3n) is 4.19. The molecule has 1 aromatic heterocycles. The van der Waals surface area contributed by atoms with Gasteiger partial charge in [0.1, 0.15) is 12.4 Å². The zero-order chi connectivity index (χ0) is 14.5. The molecule has 1 aliphatic carbocycles. The lowest BCUT2D eigenvalue weighted by molar-refractivity contribution is 0.0966. The summed E-state index contributed by atoms with van der Waals surface area (Å²) >= 11 is 0. The molecule has 1 aliphatic heterocycles. The van der Waals surface area contributed by atoms with Crippen molar-refractivity contribution in [1.82, 2.24) is 20.2 Å². The molecule has 1 saturated heterocycles. The van der Waals surface area contributed by atoms with E-state index in [-0.39, 0.29) is 12.1 Å². The van der Waals surface area contributed by atoms with Gasteiger partial charge in [0.05, 0.1) is 6.54 Å². The minimum Gasteiger partial charge on any atom is -0.472 e. The van der Waals surface area contributed by atoms with Crippen LogP contribution in [0.1, 0.15) is 38.5 Å². The molecule has 2 amide bonds. The highest BCUT2D eigenvalue weighted by Crippen LogP contribution is 2.19. The van der Waals surface area contributed by atoms with Crippen molar-refractivity contribution in [2.75, 3.05) is 13.1 Å². The summed E-state index contributed by atoms with van der Waals surface area (Å²) in [6, 6.07) is 2.16. The van der Waals surface area contributed by atoms with Gasteiger partial charge in [-0.15, -0.1) is 0 Å². The molecule has 114 valence electrons. The van der Waals surface area contributed by atoms with Crippen molar-refractivity contribution >= 4 is 6.03 Å². The quantitative estimate of drug-likeness (QED) is 0.924. The molecule has 21 heavy (non-hydrogen) atoms. The Kier molecular flexibility index (Phi) is 4.52. The van der Waals surface area contributed by atoms with E-state index < -0.39 is 0 Å². The van der Waals surface area contributed by atoms with E-state index in [4.69, 9.17) is 4.74 Å². The van der Waals surface area contributed by atoms with Crippen molar-refractivity contribution in [3.05, 3.63) is 18.6 Å². The standard InChI is InChI=1S/C15H22N4O2/c20-15(18-12-4-1-2-5-12)19-9-3-6-13(10-19)21-14-7-8-16-11-17-14/h7-8,11-13H,1-6,9-10H2,(H,18,20). The molecule has 0 aromatic carbocycles. The van der Waals surface area contributed by atoms with Crippen LogP contribution in [0.4, 0.5) is 4.79 Å². The Morgan fingerprint density at radius 1 is 1.29 bits per heavy atom. The second-order valence-electron chi connectivity index (χ2n) is 5.81. The lowest BCUT2D eigenvalue weighted by Crippen LogP contribution is -2.50. The molecule has 2 heterocycles. The number of nitrogens with zero attached hydrogens (tertiary/aromatic N) is 3. The number of rotatable bonds is 3. The van der Waals surface area contributed by atoms with Crippen molar-refractivity contribution < 1.29 is 9.53 Å². The lowest BCUT2D eigenvalue weighted by Gasteiger charge is -2.33. The maximum Gasteiger partial charge on any atom is 0.317 e. The minimum atomic E-state index is 0.0166. The van der Waals surface area contributed by atoms with Crippen LogP contribution < -0.4 is 10.1 Å². The first-order valence-electron chi connectivity index (χ1n) is 7.79. The fourth-order valence-electron chi connectivity index (χ4n) is 3.07. The van der Waals surface area contributed by atoms with Crippen LogP contribution in [0.25, 0.3) is 0 Å². The van der Waals surface area contributed by atoms with E-state index in [1.54, 1.807) is 12.3 Å². The molecule has 3 rings (SSSR count). The lowest BCUT2D eigenvalue weighted by atomic mass is 10.1. The van der Waals surface area contributed by atoms with E-state index in [0.29, 0.717) is 18.5 Å². The van der Waals surface area contributed by atoms with Crippen molar-refractivity contribution in [3.63, 3.8) is 0 Å². The molecule has 0 spiro atoms. The smallest absolute Gasteiger partial charge is 0.317 e. The highest BCUT2D eigenvalue weighted by molar-refractivity contribution is 5.74. The Bertz CT molecular complexity index is 462. The second kappa shape index (κ2) is 6.74. The van der Waals surface area contributed by atoms with Gasteiger partial charge >= 0.3 is 6.03 Å². The summed E-state index contributed by atoms with van der Waals surface area (Å²) in [7, 11) is 0. The molecule has 2 fully saturated rings. The first-order valence-corrected chi connectivity index (χ1v) is 7.79. The zero-order valence-corrected chi connectivity index (χ0v) is 12.2. The van der Waals surface area contributed by atoms with Crippen LogP contribution in [0.15, 0.2) is 18.6 Å². The van der Waals surface area contributed by atoms with Crippen LogP contribution >= 0.6 is 0 Å². The normalized spacial score (nSPS) is 23.0. The number of likely N-dealkylation sites (tertiary alicyclic amines) is 1. The Labute approximate surface area is 124 Å². The average Bonchev–Trinajstić information content (AvgIpc) is 3.01. The molecule has 1 saturated carbocycles. The summed E-state index contributed by atoms with van der Waals surface area (Å²) < 4.78 is 5.83. The van der Waals surface area contributed by atoms with Crippen LogP contribution in [0.3, 0.4) is 0 Å². The zero-order valence-electron chi connectivity index (χ0n) is 12.2. The third kappa shape index (κ3) is 3.83. The molecule has 2 aliphatic rings. The summed E-state index contributed by atoms with van der Waals surface area (Å²) in [5, 5.41) is 3.14. The van der Waals surface area contributed by atoms with Gasteiger partial charge in [-0.1, -0.05) is 12.8 Å². The van der Waals surface area contributed by atoms with Gasteiger partial charge in [0.2, 0.25) is 5.88 Å². The molecular formula is C15H22N4O2. The highest BCUT2D eigenvalue weighted by atomic mass is 16.5. The van der Waals surface area contributed by atoms with Crippen LogP contribution in [0.2, 0.25) is 0 Å². The SMILES string of the molecule is O=C(NC1CCCC1)N1CCCC(Oc2ccncn2)C1. The number of amides is 2. The van der Waals surface area contributed by atoms with Gasteiger partial charge in [-0.3, -0.25) is 0 Å². The van der Waals surface area contributed by atoms with E-state index in [1.807, 2.05) is 4.90 Å². The number of urea groups is 1. The van der Waals surface area contributed by atoms with E-state index in [1.165, 1.54) is 19.2 Å². The van der Waals surface area contributed by atoms with E-state index in [2.05, 4.69) is 15.3 Å². The Morgan fingerprint density at radius 2 is 2.14 bits per heavy atom. The van der Waals surface area contributed by atoms with E-state index >= 15 is 0 Å². The molecule has 0 radical (unpaired) electrons. The van der Waals surface area contributed by atoms with E-state index in [0.717, 1.165) is 32.2 Å². The number of hydrogen-bond donors (Lipinski definition) is 1. The van der Waals surface area contributed by atoms with Gasteiger partial charge in [-0.05, 0) is 25.7 Å². The van der Waals surface area contributed by atoms with Crippen LogP contribution in [0, 0.1) is 0 Å². The number of piperidine rings is 1. The Hall–Kier alpha value is -1.85. The highest BCUT2D eigenvalue weighted by Gasteiger charge is 2.27. The van der Waals surface area contributed by atoms with Gasteiger partial charge in [0, 0.05) is 24.8 Å². The topological polar surface area (TPSA) is 67.4 Å². The first kappa shape index (κ1) is 14.1. The fourth-order valence-corrected chi connectivity index (χ4v) is 3.07. The molecule has 6 nitrogen and oxygen atoms in total. The van der Waals surface area contributed by atoms with Crippen molar-refractivity contribution in [3.8, 4) is 5.88 Å². The molecule has 6 heteroatoms. The summed E-state index contributed by atoms with van der Waals surface area (Å²) in [5.74, 6) is 0.577. The molecule has 1 N–H and O–H groups in total. The number of carbonyl (C=O) groups is 1. The monoisotopic (exact) mass is 290 g/mol. The number of nitrogens with one attached hydrogen (secondary N) is 1. The van der Waals surface area contributed by atoms with Crippen molar-refractivity contribution in [1.29, 1.82) is 0 Å². The van der Waals surface area contributed by atoms with Gasteiger partial charge in [0.15, 0.2) is 0 Å².